The highest BCUT2D eigenvalue weighted by Gasteiger charge is 2.38. The summed E-state index contributed by atoms with van der Waals surface area (Å²) in [5, 5.41) is 17.8. The first-order valence-corrected chi connectivity index (χ1v) is 7.63. The molecule has 21 heavy (non-hydrogen) atoms. The maximum atomic E-state index is 12.1. The van der Waals surface area contributed by atoms with E-state index in [1.54, 1.807) is 12.1 Å². The fourth-order valence-corrected chi connectivity index (χ4v) is 3.22. The minimum Gasteiger partial charge on any atom is -0.465 e. The highest BCUT2D eigenvalue weighted by atomic mass is 32.2. The average Bonchev–Trinajstić information content (AvgIpc) is 2.81. The van der Waals surface area contributed by atoms with Crippen LogP contribution in [0.5, 0.6) is 0 Å². The van der Waals surface area contributed by atoms with Gasteiger partial charge in [-0.05, 0) is 19.1 Å². The van der Waals surface area contributed by atoms with E-state index in [0.29, 0.717) is 0 Å². The van der Waals surface area contributed by atoms with Crippen molar-refractivity contribution in [2.24, 2.45) is 0 Å². The van der Waals surface area contributed by atoms with Crippen molar-refractivity contribution in [3.63, 3.8) is 0 Å². The first kappa shape index (κ1) is 15.3. The third kappa shape index (κ3) is 3.32. The summed E-state index contributed by atoms with van der Waals surface area (Å²) in [6.45, 7) is 1.69. The number of carbonyl (C=O) groups is 1. The van der Waals surface area contributed by atoms with Crippen LogP contribution in [0.2, 0.25) is 0 Å². The minimum absolute atomic E-state index is 0.00961. The van der Waals surface area contributed by atoms with E-state index in [2.05, 4.69) is 0 Å². The largest absolute Gasteiger partial charge is 0.465 e. The lowest BCUT2D eigenvalue weighted by Crippen LogP contribution is -2.34. The van der Waals surface area contributed by atoms with Crippen molar-refractivity contribution in [2.75, 3.05) is 6.54 Å². The number of likely N-dealkylation sites (tertiary alicyclic amines) is 1. The SMILES string of the molecule is Cc1ccc(S(=O)(=O)O[C@H]2C[C@H](C#N)N(C(=O)O)C2)cc1. The molecule has 1 N–H and O–H groups in total. The summed E-state index contributed by atoms with van der Waals surface area (Å²) in [5.41, 5.74) is 0.913. The zero-order valence-electron chi connectivity index (χ0n) is 11.3. The molecule has 1 saturated heterocycles. The van der Waals surface area contributed by atoms with Crippen LogP contribution in [0.4, 0.5) is 4.79 Å². The minimum atomic E-state index is -3.97. The number of amides is 1. The van der Waals surface area contributed by atoms with E-state index < -0.39 is 28.4 Å². The molecule has 0 saturated carbocycles. The third-order valence-corrected chi connectivity index (χ3v) is 4.60. The van der Waals surface area contributed by atoms with Crippen molar-refractivity contribution in [2.45, 2.75) is 30.4 Å². The predicted molar refractivity (Wildman–Crippen MR) is 72.0 cm³/mol. The number of hydrogen-bond donors (Lipinski definition) is 1. The number of rotatable bonds is 3. The van der Waals surface area contributed by atoms with Gasteiger partial charge in [-0.3, -0.25) is 9.08 Å². The van der Waals surface area contributed by atoms with Crippen LogP contribution in [-0.4, -0.2) is 43.2 Å². The Balaban J connectivity index is 2.13. The third-order valence-electron chi connectivity index (χ3n) is 3.23. The molecule has 1 aliphatic heterocycles. The van der Waals surface area contributed by atoms with Crippen LogP contribution >= 0.6 is 0 Å². The van der Waals surface area contributed by atoms with E-state index in [1.807, 2.05) is 13.0 Å². The van der Waals surface area contributed by atoms with Crippen LogP contribution in [0.1, 0.15) is 12.0 Å². The molecular weight excluding hydrogens is 296 g/mol. The van der Waals surface area contributed by atoms with Crippen molar-refractivity contribution in [3.05, 3.63) is 29.8 Å². The summed E-state index contributed by atoms with van der Waals surface area (Å²) in [4.78, 5) is 11.9. The number of carboxylic acid groups (broad SMARTS) is 1. The number of nitrogens with zero attached hydrogens (tertiary/aromatic N) is 2. The van der Waals surface area contributed by atoms with Crippen LogP contribution in [0, 0.1) is 18.3 Å². The van der Waals surface area contributed by atoms with E-state index in [-0.39, 0.29) is 17.9 Å². The smallest absolute Gasteiger partial charge is 0.408 e. The van der Waals surface area contributed by atoms with Gasteiger partial charge in [-0.2, -0.15) is 13.7 Å². The molecule has 1 fully saturated rings. The van der Waals surface area contributed by atoms with Crippen molar-refractivity contribution in [1.82, 2.24) is 4.90 Å². The van der Waals surface area contributed by atoms with Crippen LogP contribution in [0.25, 0.3) is 0 Å². The van der Waals surface area contributed by atoms with Gasteiger partial charge in [0.25, 0.3) is 10.1 Å². The Morgan fingerprint density at radius 3 is 2.52 bits per heavy atom. The second kappa shape index (κ2) is 5.71. The molecule has 1 amide bonds. The second-order valence-corrected chi connectivity index (χ2v) is 6.37. The van der Waals surface area contributed by atoms with Gasteiger partial charge in [0.1, 0.15) is 6.04 Å². The lowest BCUT2D eigenvalue weighted by atomic mass is 10.2. The number of benzene rings is 1. The Labute approximate surface area is 122 Å². The molecule has 0 aliphatic carbocycles. The van der Waals surface area contributed by atoms with Crippen LogP contribution in [0.3, 0.4) is 0 Å². The molecule has 0 bridgehead atoms. The molecule has 0 unspecified atom stereocenters. The van der Waals surface area contributed by atoms with Gasteiger partial charge >= 0.3 is 6.09 Å². The summed E-state index contributed by atoms with van der Waals surface area (Å²) in [6, 6.07) is 7.08. The zero-order chi connectivity index (χ0) is 15.6. The molecule has 112 valence electrons. The molecule has 2 atom stereocenters. The number of nitriles is 1. The fourth-order valence-electron chi connectivity index (χ4n) is 2.14. The van der Waals surface area contributed by atoms with Crippen molar-refractivity contribution in [3.8, 4) is 6.07 Å². The molecule has 1 heterocycles. The average molecular weight is 310 g/mol. The molecule has 0 radical (unpaired) electrons. The molecule has 2 rings (SSSR count). The molecular formula is C13H14N2O5S. The maximum absolute atomic E-state index is 12.1. The number of hydrogen-bond acceptors (Lipinski definition) is 5. The van der Waals surface area contributed by atoms with E-state index in [0.717, 1.165) is 10.5 Å². The molecule has 7 nitrogen and oxygen atoms in total. The van der Waals surface area contributed by atoms with Gasteiger partial charge in [-0.25, -0.2) is 4.79 Å². The molecule has 0 spiro atoms. The zero-order valence-corrected chi connectivity index (χ0v) is 12.1. The van der Waals surface area contributed by atoms with Gasteiger partial charge in [-0.1, -0.05) is 17.7 Å². The Kier molecular flexibility index (Phi) is 4.16. The predicted octanol–water partition coefficient (Wildman–Crippen LogP) is 1.34. The number of aryl methyl sites for hydroxylation is 1. The van der Waals surface area contributed by atoms with Gasteiger partial charge in [-0.15, -0.1) is 0 Å². The summed E-state index contributed by atoms with van der Waals surface area (Å²) >= 11 is 0. The van der Waals surface area contributed by atoms with Gasteiger partial charge in [0.15, 0.2) is 0 Å². The summed E-state index contributed by atoms with van der Waals surface area (Å²) in [5.74, 6) is 0. The lowest BCUT2D eigenvalue weighted by molar-refractivity contribution is 0.141. The lowest BCUT2D eigenvalue weighted by Gasteiger charge is -2.14. The van der Waals surface area contributed by atoms with Gasteiger partial charge in [0.2, 0.25) is 0 Å². The molecule has 8 heteroatoms. The molecule has 1 aliphatic rings. The Morgan fingerprint density at radius 2 is 2.05 bits per heavy atom. The highest BCUT2D eigenvalue weighted by Crippen LogP contribution is 2.24. The molecule has 1 aromatic rings. The van der Waals surface area contributed by atoms with Crippen LogP contribution in [-0.2, 0) is 14.3 Å². The Bertz CT molecular complexity index is 678. The second-order valence-electron chi connectivity index (χ2n) is 4.80. The Morgan fingerprint density at radius 1 is 1.43 bits per heavy atom. The van der Waals surface area contributed by atoms with E-state index in [1.165, 1.54) is 12.1 Å². The van der Waals surface area contributed by atoms with Crippen LogP contribution in [0.15, 0.2) is 29.2 Å². The van der Waals surface area contributed by atoms with E-state index >= 15 is 0 Å². The van der Waals surface area contributed by atoms with Crippen LogP contribution < -0.4 is 0 Å². The van der Waals surface area contributed by atoms with Gasteiger partial charge in [0.05, 0.1) is 23.6 Å². The normalized spacial score (nSPS) is 22.0. The molecule has 1 aromatic carbocycles. The van der Waals surface area contributed by atoms with Crippen molar-refractivity contribution < 1.29 is 22.5 Å². The Hall–Kier alpha value is -2.11. The quantitative estimate of drug-likeness (QED) is 0.844. The van der Waals surface area contributed by atoms with Gasteiger partial charge < -0.3 is 5.11 Å². The molecule has 0 aromatic heterocycles. The topological polar surface area (TPSA) is 108 Å². The first-order chi connectivity index (χ1) is 9.83. The van der Waals surface area contributed by atoms with E-state index in [4.69, 9.17) is 14.6 Å². The van der Waals surface area contributed by atoms with Crippen molar-refractivity contribution in [1.29, 1.82) is 5.26 Å². The summed E-state index contributed by atoms with van der Waals surface area (Å²) in [6.07, 6.45) is -2.08. The standard InChI is InChI=1S/C13H14N2O5S/c1-9-2-4-12(5-3-9)21(18,19)20-11-6-10(7-14)15(8-11)13(16)17/h2-5,10-11H,6,8H2,1H3,(H,16,17)/t10-,11+/m1/s1. The summed E-state index contributed by atoms with van der Waals surface area (Å²) in [7, 11) is -3.97. The summed E-state index contributed by atoms with van der Waals surface area (Å²) < 4.78 is 29.3. The maximum Gasteiger partial charge on any atom is 0.408 e. The van der Waals surface area contributed by atoms with Gasteiger partial charge in [0, 0.05) is 6.42 Å². The van der Waals surface area contributed by atoms with Crippen molar-refractivity contribution >= 4 is 16.2 Å². The monoisotopic (exact) mass is 310 g/mol. The highest BCUT2D eigenvalue weighted by molar-refractivity contribution is 7.86. The van der Waals surface area contributed by atoms with E-state index in [9.17, 15) is 13.2 Å². The first-order valence-electron chi connectivity index (χ1n) is 6.22. The fraction of sp³-hybridized carbons (Fsp3) is 0.385.